The first-order chi connectivity index (χ1) is 14.9. The number of carbonyl (C=O) groups excluding carboxylic acids is 3. The summed E-state index contributed by atoms with van der Waals surface area (Å²) in [6, 6.07) is 6.37. The van der Waals surface area contributed by atoms with Crippen LogP contribution in [0.15, 0.2) is 36.5 Å². The van der Waals surface area contributed by atoms with Crippen LogP contribution in [-0.2, 0) is 25.3 Å². The lowest BCUT2D eigenvalue weighted by Crippen LogP contribution is -2.39. The van der Waals surface area contributed by atoms with Crippen molar-refractivity contribution in [3.63, 3.8) is 0 Å². The molecular formula is C21H19ClF3NO6. The van der Waals surface area contributed by atoms with Crippen molar-refractivity contribution in [1.82, 2.24) is 4.98 Å². The summed E-state index contributed by atoms with van der Waals surface area (Å²) < 4.78 is 53.7. The summed E-state index contributed by atoms with van der Waals surface area (Å²) in [5.41, 5.74) is -1.01. The van der Waals surface area contributed by atoms with Gasteiger partial charge in [-0.15, -0.1) is 0 Å². The van der Waals surface area contributed by atoms with Gasteiger partial charge in [-0.05, 0) is 51.1 Å². The van der Waals surface area contributed by atoms with E-state index < -0.39 is 41.3 Å². The Hall–Kier alpha value is -3.14. The van der Waals surface area contributed by atoms with Crippen LogP contribution in [0.1, 0.15) is 26.3 Å². The van der Waals surface area contributed by atoms with E-state index in [0.29, 0.717) is 12.3 Å². The van der Waals surface area contributed by atoms with Crippen LogP contribution in [0.3, 0.4) is 0 Å². The maximum Gasteiger partial charge on any atom is 0.417 e. The first-order valence-corrected chi connectivity index (χ1v) is 9.70. The van der Waals surface area contributed by atoms with Crippen LogP contribution in [0.2, 0.25) is 5.02 Å². The molecule has 11 heteroatoms. The van der Waals surface area contributed by atoms with Gasteiger partial charge in [0.05, 0.1) is 12.2 Å². The molecule has 2 rings (SSSR count). The van der Waals surface area contributed by atoms with Gasteiger partial charge < -0.3 is 14.2 Å². The van der Waals surface area contributed by atoms with Crippen molar-refractivity contribution in [2.75, 3.05) is 6.61 Å². The number of hydrogen-bond donors (Lipinski definition) is 0. The lowest BCUT2D eigenvalue weighted by Gasteiger charge is -2.18. The van der Waals surface area contributed by atoms with Crippen LogP contribution in [0.5, 0.6) is 17.4 Å². The highest BCUT2D eigenvalue weighted by Crippen LogP contribution is 2.35. The number of ether oxygens (including phenoxy) is 3. The summed E-state index contributed by atoms with van der Waals surface area (Å²) >= 11 is 5.81. The molecule has 0 saturated heterocycles. The van der Waals surface area contributed by atoms with Crippen LogP contribution in [0.4, 0.5) is 13.2 Å². The molecule has 0 radical (unpaired) electrons. The van der Waals surface area contributed by atoms with E-state index in [1.54, 1.807) is 6.92 Å². The largest absolute Gasteiger partial charge is 0.483 e. The minimum atomic E-state index is -4.59. The van der Waals surface area contributed by atoms with Crippen molar-refractivity contribution in [1.29, 1.82) is 0 Å². The zero-order chi connectivity index (χ0) is 24.1. The van der Waals surface area contributed by atoms with E-state index in [9.17, 15) is 27.6 Å². The van der Waals surface area contributed by atoms with Crippen LogP contribution < -0.4 is 9.47 Å². The molecule has 1 unspecified atom stereocenters. The van der Waals surface area contributed by atoms with Crippen LogP contribution in [-0.4, -0.2) is 35.2 Å². The first-order valence-electron chi connectivity index (χ1n) is 9.32. The van der Waals surface area contributed by atoms with E-state index in [4.69, 9.17) is 25.8 Å². The summed E-state index contributed by atoms with van der Waals surface area (Å²) in [4.78, 5) is 39.6. The molecule has 0 amide bonds. The van der Waals surface area contributed by atoms with Gasteiger partial charge in [0, 0.05) is 6.20 Å². The number of halogens is 4. The summed E-state index contributed by atoms with van der Waals surface area (Å²) in [7, 11) is 0. The monoisotopic (exact) mass is 473 g/mol. The third-order valence-corrected chi connectivity index (χ3v) is 4.37. The molecule has 0 aliphatic heterocycles. The fourth-order valence-corrected chi connectivity index (χ4v) is 2.76. The van der Waals surface area contributed by atoms with Gasteiger partial charge in [0.1, 0.15) is 16.5 Å². The molecule has 172 valence electrons. The Balaban J connectivity index is 2.07. The molecule has 2 aromatic rings. The Morgan fingerprint density at radius 1 is 1.12 bits per heavy atom. The molecule has 0 bridgehead atoms. The molecule has 1 aromatic carbocycles. The molecule has 7 nitrogen and oxygen atoms in total. The Morgan fingerprint density at radius 3 is 2.22 bits per heavy atom. The predicted octanol–water partition coefficient (Wildman–Crippen LogP) is 4.65. The summed E-state index contributed by atoms with van der Waals surface area (Å²) in [6.07, 6.45) is -5.12. The summed E-state index contributed by atoms with van der Waals surface area (Å²) in [5.74, 6) is -3.75. The smallest absolute Gasteiger partial charge is 0.417 e. The lowest BCUT2D eigenvalue weighted by atomic mass is 9.96. The zero-order valence-electron chi connectivity index (χ0n) is 17.2. The third kappa shape index (κ3) is 6.43. The number of Topliss-reactive ketones (excluding diaryl/α,β-unsaturated/α-hetero) is 2. The second-order valence-electron chi connectivity index (χ2n) is 6.54. The topological polar surface area (TPSA) is 91.8 Å². The van der Waals surface area contributed by atoms with E-state index in [1.807, 2.05) is 0 Å². The quantitative estimate of drug-likeness (QED) is 0.386. The average Bonchev–Trinajstić information content (AvgIpc) is 2.70. The maximum absolute atomic E-state index is 12.7. The Kier molecular flexibility index (Phi) is 8.20. The molecule has 1 aromatic heterocycles. The molecule has 1 heterocycles. The van der Waals surface area contributed by atoms with E-state index in [2.05, 4.69) is 4.98 Å². The van der Waals surface area contributed by atoms with Gasteiger partial charge >= 0.3 is 12.1 Å². The molecular weight excluding hydrogens is 455 g/mol. The molecule has 2 atom stereocenters. The maximum atomic E-state index is 12.7. The summed E-state index contributed by atoms with van der Waals surface area (Å²) in [6.45, 7) is 4.06. The number of esters is 1. The molecule has 32 heavy (non-hydrogen) atoms. The fraction of sp³-hybridized carbons (Fsp3) is 0.333. The van der Waals surface area contributed by atoms with Crippen molar-refractivity contribution in [2.45, 2.75) is 33.1 Å². The molecule has 0 aliphatic rings. The summed E-state index contributed by atoms with van der Waals surface area (Å²) in [5, 5.41) is -0.325. The standard InChI is InChI=1S/C21H19ClF3NO6/c1-4-30-20(29)17(11(2)27)18(28)12(3)31-14-5-7-15(8-6-14)32-19-16(22)9-13(10-26-19)21(23,24)25/h5-10,12,17H,4H2,1-3H3/t12?,17-/m1/s1. The lowest BCUT2D eigenvalue weighted by molar-refractivity contribution is -0.156. The second kappa shape index (κ2) is 10.4. The molecule has 0 N–H and O–H groups in total. The number of nitrogens with zero attached hydrogens (tertiary/aromatic N) is 1. The van der Waals surface area contributed by atoms with Crippen molar-refractivity contribution in [3.05, 3.63) is 47.1 Å². The number of aromatic nitrogens is 1. The van der Waals surface area contributed by atoms with E-state index in [0.717, 1.165) is 6.92 Å². The number of alkyl halides is 3. The number of hydrogen-bond acceptors (Lipinski definition) is 7. The third-order valence-electron chi connectivity index (χ3n) is 4.10. The van der Waals surface area contributed by atoms with Gasteiger partial charge in [-0.25, -0.2) is 4.98 Å². The van der Waals surface area contributed by atoms with Crippen LogP contribution in [0, 0.1) is 5.92 Å². The van der Waals surface area contributed by atoms with Crippen molar-refractivity contribution >= 4 is 29.1 Å². The number of rotatable bonds is 9. The van der Waals surface area contributed by atoms with Gasteiger partial charge in [-0.2, -0.15) is 13.2 Å². The minimum Gasteiger partial charge on any atom is -0.483 e. The van der Waals surface area contributed by atoms with E-state index in [-0.39, 0.29) is 29.0 Å². The number of pyridine rings is 1. The predicted molar refractivity (Wildman–Crippen MR) is 107 cm³/mol. The van der Waals surface area contributed by atoms with E-state index in [1.165, 1.54) is 31.2 Å². The normalized spacial score (nSPS) is 13.1. The molecule has 0 fully saturated rings. The average molecular weight is 474 g/mol. The molecule has 0 spiro atoms. The Labute approximate surface area is 186 Å². The molecule has 0 aliphatic carbocycles. The van der Waals surface area contributed by atoms with Crippen molar-refractivity contribution < 1.29 is 41.8 Å². The second-order valence-corrected chi connectivity index (χ2v) is 6.95. The Bertz CT molecular complexity index is 994. The van der Waals surface area contributed by atoms with Gasteiger partial charge in [-0.3, -0.25) is 14.4 Å². The van der Waals surface area contributed by atoms with Crippen molar-refractivity contribution in [2.24, 2.45) is 5.92 Å². The van der Waals surface area contributed by atoms with Crippen LogP contribution in [0.25, 0.3) is 0 Å². The SMILES string of the molecule is CCOC(=O)[C@H](C(C)=O)C(=O)C(C)Oc1ccc(Oc2ncc(C(F)(F)F)cc2Cl)cc1. The molecule has 0 saturated carbocycles. The van der Waals surface area contributed by atoms with Crippen molar-refractivity contribution in [3.8, 4) is 17.4 Å². The van der Waals surface area contributed by atoms with Gasteiger partial charge in [0.2, 0.25) is 5.88 Å². The first kappa shape index (κ1) is 25.1. The highest BCUT2D eigenvalue weighted by molar-refractivity contribution is 6.31. The van der Waals surface area contributed by atoms with E-state index >= 15 is 0 Å². The number of carbonyl (C=O) groups is 3. The fourth-order valence-electron chi connectivity index (χ4n) is 2.56. The van der Waals surface area contributed by atoms with Gasteiger partial charge in [0.25, 0.3) is 0 Å². The minimum absolute atomic E-state index is 0.0183. The van der Waals surface area contributed by atoms with Crippen LogP contribution >= 0.6 is 11.6 Å². The highest BCUT2D eigenvalue weighted by atomic mass is 35.5. The number of benzene rings is 1. The highest BCUT2D eigenvalue weighted by Gasteiger charge is 2.36. The number of ketones is 2. The van der Waals surface area contributed by atoms with Gasteiger partial charge in [-0.1, -0.05) is 11.6 Å². The zero-order valence-corrected chi connectivity index (χ0v) is 18.0. The Morgan fingerprint density at radius 2 is 1.72 bits per heavy atom. The van der Waals surface area contributed by atoms with Gasteiger partial charge in [0.15, 0.2) is 23.6 Å².